The van der Waals surface area contributed by atoms with Crippen LogP contribution in [-0.2, 0) is 11.3 Å². The van der Waals surface area contributed by atoms with Crippen molar-refractivity contribution < 1.29 is 4.79 Å². The standard InChI is InChI=1S/C17H27N3O.2ClH/c1-14(18)17(21)20-10-8-16(9-11-20)13-19(2)12-15-6-4-3-5-7-15;;/h3-7,14,16H,8-13,18H2,1-2H3;2*1H/t14-;;/m0../s1. The third-order valence-corrected chi connectivity index (χ3v) is 4.18. The number of piperidine rings is 1. The molecule has 1 saturated heterocycles. The van der Waals surface area contributed by atoms with Crippen LogP contribution in [0.4, 0.5) is 0 Å². The molecule has 1 heterocycles. The van der Waals surface area contributed by atoms with Gasteiger partial charge < -0.3 is 15.5 Å². The minimum absolute atomic E-state index is 0. The summed E-state index contributed by atoms with van der Waals surface area (Å²) < 4.78 is 0. The van der Waals surface area contributed by atoms with Crippen LogP contribution in [0.5, 0.6) is 0 Å². The summed E-state index contributed by atoms with van der Waals surface area (Å²) in [4.78, 5) is 16.2. The molecule has 1 aromatic rings. The van der Waals surface area contributed by atoms with E-state index in [2.05, 4.69) is 42.3 Å². The molecule has 132 valence electrons. The van der Waals surface area contributed by atoms with E-state index in [1.165, 1.54) is 5.56 Å². The molecular formula is C17H29Cl2N3O. The van der Waals surface area contributed by atoms with E-state index in [-0.39, 0.29) is 36.8 Å². The quantitative estimate of drug-likeness (QED) is 0.876. The maximum atomic E-state index is 11.9. The molecule has 0 spiro atoms. The Kier molecular flexibility index (Phi) is 10.5. The highest BCUT2D eigenvalue weighted by molar-refractivity contribution is 5.85. The van der Waals surface area contributed by atoms with E-state index in [0.29, 0.717) is 5.92 Å². The number of hydrogen-bond donors (Lipinski definition) is 1. The zero-order valence-corrected chi connectivity index (χ0v) is 15.6. The Hall–Kier alpha value is -0.810. The third-order valence-electron chi connectivity index (χ3n) is 4.18. The first kappa shape index (κ1) is 22.2. The first-order valence-electron chi connectivity index (χ1n) is 7.83. The Bertz CT molecular complexity index is 448. The van der Waals surface area contributed by atoms with Crippen LogP contribution >= 0.6 is 24.8 Å². The van der Waals surface area contributed by atoms with Crippen molar-refractivity contribution in [1.29, 1.82) is 0 Å². The molecule has 0 bridgehead atoms. The maximum Gasteiger partial charge on any atom is 0.239 e. The van der Waals surface area contributed by atoms with E-state index in [0.717, 1.165) is 39.0 Å². The van der Waals surface area contributed by atoms with Gasteiger partial charge in [0.2, 0.25) is 5.91 Å². The molecule has 0 radical (unpaired) electrons. The summed E-state index contributed by atoms with van der Waals surface area (Å²) in [7, 11) is 2.17. The predicted octanol–water partition coefficient (Wildman–Crippen LogP) is 2.55. The highest BCUT2D eigenvalue weighted by Gasteiger charge is 2.24. The van der Waals surface area contributed by atoms with Gasteiger partial charge in [-0.2, -0.15) is 0 Å². The lowest BCUT2D eigenvalue weighted by molar-refractivity contribution is -0.133. The fourth-order valence-electron chi connectivity index (χ4n) is 3.02. The zero-order valence-electron chi connectivity index (χ0n) is 14.0. The van der Waals surface area contributed by atoms with Gasteiger partial charge in [-0.25, -0.2) is 0 Å². The summed E-state index contributed by atoms with van der Waals surface area (Å²) in [6, 6.07) is 10.2. The van der Waals surface area contributed by atoms with Crippen molar-refractivity contribution in [2.75, 3.05) is 26.7 Å². The molecule has 0 saturated carbocycles. The van der Waals surface area contributed by atoms with Gasteiger partial charge in [-0.15, -0.1) is 24.8 Å². The molecule has 2 rings (SSSR count). The Morgan fingerprint density at radius 1 is 1.26 bits per heavy atom. The second kappa shape index (κ2) is 10.9. The lowest BCUT2D eigenvalue weighted by Crippen LogP contribution is -2.46. The number of amides is 1. The molecule has 1 aliphatic rings. The predicted molar refractivity (Wildman–Crippen MR) is 100 cm³/mol. The highest BCUT2D eigenvalue weighted by atomic mass is 35.5. The lowest BCUT2D eigenvalue weighted by Gasteiger charge is -2.34. The van der Waals surface area contributed by atoms with Crippen molar-refractivity contribution in [3.05, 3.63) is 35.9 Å². The molecule has 1 fully saturated rings. The average molecular weight is 362 g/mol. The lowest BCUT2D eigenvalue weighted by atomic mass is 9.95. The maximum absolute atomic E-state index is 11.9. The zero-order chi connectivity index (χ0) is 15.2. The molecule has 2 N–H and O–H groups in total. The van der Waals surface area contributed by atoms with Crippen molar-refractivity contribution in [3.63, 3.8) is 0 Å². The molecule has 0 unspecified atom stereocenters. The van der Waals surface area contributed by atoms with Gasteiger partial charge in [0.25, 0.3) is 0 Å². The second-order valence-electron chi connectivity index (χ2n) is 6.24. The van der Waals surface area contributed by atoms with Crippen LogP contribution in [0.2, 0.25) is 0 Å². The molecular weight excluding hydrogens is 333 g/mol. The number of likely N-dealkylation sites (tertiary alicyclic amines) is 1. The molecule has 4 nitrogen and oxygen atoms in total. The van der Waals surface area contributed by atoms with Gasteiger partial charge in [0, 0.05) is 26.2 Å². The fourth-order valence-corrected chi connectivity index (χ4v) is 3.02. The summed E-state index contributed by atoms with van der Waals surface area (Å²) in [6.45, 7) is 5.55. The van der Waals surface area contributed by atoms with E-state index in [1.54, 1.807) is 6.92 Å². The van der Waals surface area contributed by atoms with Crippen molar-refractivity contribution in [2.24, 2.45) is 11.7 Å². The number of nitrogens with zero attached hydrogens (tertiary/aromatic N) is 2. The normalized spacial score (nSPS) is 16.4. The van der Waals surface area contributed by atoms with Gasteiger partial charge in [0.15, 0.2) is 0 Å². The Labute approximate surface area is 152 Å². The summed E-state index contributed by atoms with van der Waals surface area (Å²) in [6.07, 6.45) is 2.16. The summed E-state index contributed by atoms with van der Waals surface area (Å²) in [5.41, 5.74) is 7.02. The first-order chi connectivity index (χ1) is 10.1. The minimum atomic E-state index is -0.373. The van der Waals surface area contributed by atoms with Crippen LogP contribution in [0.15, 0.2) is 30.3 Å². The number of halogens is 2. The molecule has 6 heteroatoms. The van der Waals surface area contributed by atoms with Crippen molar-refractivity contribution in [2.45, 2.75) is 32.4 Å². The number of rotatable bonds is 5. The highest BCUT2D eigenvalue weighted by Crippen LogP contribution is 2.19. The van der Waals surface area contributed by atoms with Crippen molar-refractivity contribution in [3.8, 4) is 0 Å². The summed E-state index contributed by atoms with van der Waals surface area (Å²) in [5.74, 6) is 0.766. The van der Waals surface area contributed by atoms with Gasteiger partial charge in [0.1, 0.15) is 0 Å². The van der Waals surface area contributed by atoms with Crippen LogP contribution in [0, 0.1) is 5.92 Å². The molecule has 1 atom stereocenters. The Balaban J connectivity index is 0.00000242. The molecule has 0 aromatic heterocycles. The van der Waals surface area contributed by atoms with E-state index >= 15 is 0 Å². The van der Waals surface area contributed by atoms with E-state index in [1.807, 2.05) is 4.90 Å². The van der Waals surface area contributed by atoms with Crippen LogP contribution in [0.1, 0.15) is 25.3 Å². The van der Waals surface area contributed by atoms with Gasteiger partial charge in [-0.05, 0) is 38.3 Å². The van der Waals surface area contributed by atoms with Gasteiger partial charge in [-0.1, -0.05) is 30.3 Å². The van der Waals surface area contributed by atoms with Crippen molar-refractivity contribution >= 4 is 30.7 Å². The van der Waals surface area contributed by atoms with E-state index < -0.39 is 0 Å². The van der Waals surface area contributed by atoms with Gasteiger partial charge in [0.05, 0.1) is 6.04 Å². The number of carbonyl (C=O) groups is 1. The number of benzene rings is 1. The van der Waals surface area contributed by atoms with Crippen LogP contribution < -0.4 is 5.73 Å². The van der Waals surface area contributed by atoms with Gasteiger partial charge in [-0.3, -0.25) is 4.79 Å². The Morgan fingerprint density at radius 3 is 2.35 bits per heavy atom. The summed E-state index contributed by atoms with van der Waals surface area (Å²) >= 11 is 0. The molecule has 1 aliphatic heterocycles. The first-order valence-corrected chi connectivity index (χ1v) is 7.83. The molecule has 23 heavy (non-hydrogen) atoms. The second-order valence-corrected chi connectivity index (χ2v) is 6.24. The molecule has 0 aliphatic carbocycles. The van der Waals surface area contributed by atoms with Crippen LogP contribution in [0.25, 0.3) is 0 Å². The third kappa shape index (κ3) is 7.08. The van der Waals surface area contributed by atoms with Crippen molar-refractivity contribution in [1.82, 2.24) is 9.80 Å². The number of nitrogens with two attached hydrogens (primary N) is 1. The fraction of sp³-hybridized carbons (Fsp3) is 0.588. The van der Waals surface area contributed by atoms with E-state index in [9.17, 15) is 4.79 Å². The van der Waals surface area contributed by atoms with Crippen LogP contribution in [0.3, 0.4) is 0 Å². The topological polar surface area (TPSA) is 49.6 Å². The SMILES string of the molecule is C[C@H](N)C(=O)N1CCC(CN(C)Cc2ccccc2)CC1.Cl.Cl. The Morgan fingerprint density at radius 2 is 1.83 bits per heavy atom. The average Bonchev–Trinajstić information content (AvgIpc) is 2.48. The number of carbonyl (C=O) groups excluding carboxylic acids is 1. The number of hydrogen-bond acceptors (Lipinski definition) is 3. The smallest absolute Gasteiger partial charge is 0.239 e. The summed E-state index contributed by atoms with van der Waals surface area (Å²) in [5, 5.41) is 0. The monoisotopic (exact) mass is 361 g/mol. The van der Waals surface area contributed by atoms with Gasteiger partial charge >= 0.3 is 0 Å². The minimum Gasteiger partial charge on any atom is -0.341 e. The molecule has 1 amide bonds. The molecule has 1 aromatic carbocycles. The van der Waals surface area contributed by atoms with Crippen LogP contribution in [-0.4, -0.2) is 48.4 Å². The van der Waals surface area contributed by atoms with E-state index in [4.69, 9.17) is 5.73 Å². The largest absolute Gasteiger partial charge is 0.341 e.